The van der Waals surface area contributed by atoms with E-state index in [1.807, 2.05) is 0 Å². The van der Waals surface area contributed by atoms with E-state index in [0.29, 0.717) is 6.54 Å². The van der Waals surface area contributed by atoms with Gasteiger partial charge < -0.3 is 5.73 Å². The maximum absolute atomic E-state index is 5.58. The minimum atomic E-state index is 0.523. The average molecular weight is 271 g/mol. The standard InChI is InChI=1S/C10H11BrN2S/c1-5-6(2)10-8(3-7(5)11)14-9(4-12)13-10/h3H,4,12H2,1-2H3. The Bertz CT molecular complexity index is 490. The maximum Gasteiger partial charge on any atom is 0.107 e. The van der Waals surface area contributed by atoms with Crippen LogP contribution in [0.25, 0.3) is 10.2 Å². The van der Waals surface area contributed by atoms with Crippen LogP contribution in [0.15, 0.2) is 10.5 Å². The van der Waals surface area contributed by atoms with Gasteiger partial charge >= 0.3 is 0 Å². The summed E-state index contributed by atoms with van der Waals surface area (Å²) in [5, 5.41) is 1.00. The van der Waals surface area contributed by atoms with Gasteiger partial charge in [0.1, 0.15) is 5.01 Å². The predicted molar refractivity (Wildman–Crippen MR) is 64.7 cm³/mol. The third kappa shape index (κ3) is 1.47. The SMILES string of the molecule is Cc1c(Br)cc2sc(CN)nc2c1C. The Hall–Kier alpha value is -0.450. The fraction of sp³-hybridized carbons (Fsp3) is 0.300. The summed E-state index contributed by atoms with van der Waals surface area (Å²) in [6.07, 6.45) is 0. The number of hydrogen-bond donors (Lipinski definition) is 1. The van der Waals surface area contributed by atoms with Crippen molar-refractivity contribution in [3.05, 3.63) is 26.7 Å². The molecule has 74 valence electrons. The van der Waals surface area contributed by atoms with E-state index in [1.54, 1.807) is 11.3 Å². The van der Waals surface area contributed by atoms with Gasteiger partial charge in [-0.15, -0.1) is 11.3 Å². The lowest BCUT2D eigenvalue weighted by Gasteiger charge is -2.02. The number of nitrogens with zero attached hydrogens (tertiary/aromatic N) is 1. The molecule has 1 heterocycles. The lowest BCUT2D eigenvalue weighted by atomic mass is 10.1. The zero-order valence-electron chi connectivity index (χ0n) is 8.10. The number of nitrogens with two attached hydrogens (primary N) is 1. The zero-order chi connectivity index (χ0) is 10.3. The smallest absolute Gasteiger partial charge is 0.107 e. The lowest BCUT2D eigenvalue weighted by molar-refractivity contribution is 1.05. The number of rotatable bonds is 1. The Labute approximate surface area is 95.3 Å². The summed E-state index contributed by atoms with van der Waals surface area (Å²) in [6, 6.07) is 2.12. The molecule has 0 saturated carbocycles. The molecule has 14 heavy (non-hydrogen) atoms. The van der Waals surface area contributed by atoms with Gasteiger partial charge in [0, 0.05) is 11.0 Å². The number of thiazole rings is 1. The fourth-order valence-electron chi connectivity index (χ4n) is 1.41. The predicted octanol–water partition coefficient (Wildman–Crippen LogP) is 3.13. The van der Waals surface area contributed by atoms with Crippen LogP contribution in [0.4, 0.5) is 0 Å². The largest absolute Gasteiger partial charge is 0.325 e. The van der Waals surface area contributed by atoms with E-state index in [0.717, 1.165) is 15.0 Å². The molecule has 2 nitrogen and oxygen atoms in total. The van der Waals surface area contributed by atoms with Crippen molar-refractivity contribution in [3.8, 4) is 0 Å². The summed E-state index contributed by atoms with van der Waals surface area (Å²) >= 11 is 5.21. The van der Waals surface area contributed by atoms with Gasteiger partial charge in [0.25, 0.3) is 0 Å². The van der Waals surface area contributed by atoms with E-state index in [1.165, 1.54) is 15.8 Å². The second-order valence-electron chi connectivity index (χ2n) is 3.27. The van der Waals surface area contributed by atoms with Crippen molar-refractivity contribution < 1.29 is 0 Å². The molecule has 0 bridgehead atoms. The van der Waals surface area contributed by atoms with Gasteiger partial charge in [-0.3, -0.25) is 0 Å². The van der Waals surface area contributed by atoms with E-state index in [2.05, 4.69) is 40.8 Å². The van der Waals surface area contributed by atoms with Crippen molar-refractivity contribution in [2.75, 3.05) is 0 Å². The third-order valence-electron chi connectivity index (χ3n) is 2.41. The molecule has 2 rings (SSSR count). The van der Waals surface area contributed by atoms with Crippen molar-refractivity contribution in [3.63, 3.8) is 0 Å². The summed E-state index contributed by atoms with van der Waals surface area (Å²) < 4.78 is 2.36. The van der Waals surface area contributed by atoms with E-state index in [4.69, 9.17) is 5.73 Å². The van der Waals surface area contributed by atoms with Crippen LogP contribution < -0.4 is 5.73 Å². The van der Waals surface area contributed by atoms with Crippen LogP contribution in [0.2, 0.25) is 0 Å². The van der Waals surface area contributed by atoms with E-state index in [9.17, 15) is 0 Å². The maximum atomic E-state index is 5.58. The van der Waals surface area contributed by atoms with Gasteiger partial charge in [-0.1, -0.05) is 15.9 Å². The Balaban J connectivity index is 2.81. The first kappa shape index (κ1) is 10.1. The first-order valence-electron chi connectivity index (χ1n) is 4.38. The van der Waals surface area contributed by atoms with Crippen LogP contribution in [-0.4, -0.2) is 4.98 Å². The van der Waals surface area contributed by atoms with Crippen molar-refractivity contribution in [2.24, 2.45) is 5.73 Å². The normalized spacial score (nSPS) is 11.1. The molecule has 4 heteroatoms. The first-order chi connectivity index (χ1) is 6.63. The minimum absolute atomic E-state index is 0.523. The molecule has 0 fully saturated rings. The van der Waals surface area contributed by atoms with Gasteiger partial charge in [0.05, 0.1) is 10.2 Å². The Kier molecular flexibility index (Phi) is 2.60. The summed E-state index contributed by atoms with van der Waals surface area (Å²) in [7, 11) is 0. The summed E-state index contributed by atoms with van der Waals surface area (Å²) in [6.45, 7) is 4.72. The number of aromatic nitrogens is 1. The number of halogens is 1. The molecule has 0 spiro atoms. The molecule has 0 radical (unpaired) electrons. The van der Waals surface area contributed by atoms with Crippen molar-refractivity contribution in [2.45, 2.75) is 20.4 Å². The highest BCUT2D eigenvalue weighted by Gasteiger charge is 2.09. The molecule has 0 saturated heterocycles. The highest BCUT2D eigenvalue weighted by atomic mass is 79.9. The van der Waals surface area contributed by atoms with Gasteiger partial charge in [0.15, 0.2) is 0 Å². The lowest BCUT2D eigenvalue weighted by Crippen LogP contribution is -1.94. The summed E-state index contributed by atoms with van der Waals surface area (Å²) in [5.74, 6) is 0. The second kappa shape index (κ2) is 3.61. The van der Waals surface area contributed by atoms with Crippen LogP contribution in [0, 0.1) is 13.8 Å². The highest BCUT2D eigenvalue weighted by Crippen LogP contribution is 2.31. The molecule has 0 aliphatic rings. The monoisotopic (exact) mass is 270 g/mol. The molecular weight excluding hydrogens is 260 g/mol. The molecule has 0 amide bonds. The highest BCUT2D eigenvalue weighted by molar-refractivity contribution is 9.10. The topological polar surface area (TPSA) is 38.9 Å². The number of benzene rings is 1. The average Bonchev–Trinajstić information content (AvgIpc) is 2.57. The van der Waals surface area contributed by atoms with Crippen LogP contribution in [-0.2, 0) is 6.54 Å². The van der Waals surface area contributed by atoms with E-state index < -0.39 is 0 Å². The molecule has 1 aromatic carbocycles. The van der Waals surface area contributed by atoms with E-state index in [-0.39, 0.29) is 0 Å². The number of hydrogen-bond acceptors (Lipinski definition) is 3. The number of fused-ring (bicyclic) bond motifs is 1. The molecule has 0 aliphatic heterocycles. The molecule has 2 aromatic rings. The molecule has 0 unspecified atom stereocenters. The Morgan fingerprint density at radius 1 is 1.43 bits per heavy atom. The fourth-order valence-corrected chi connectivity index (χ4v) is 3.04. The van der Waals surface area contributed by atoms with Crippen LogP contribution >= 0.6 is 27.3 Å². The van der Waals surface area contributed by atoms with Crippen LogP contribution in [0.5, 0.6) is 0 Å². The van der Waals surface area contributed by atoms with Crippen molar-refractivity contribution in [1.82, 2.24) is 4.98 Å². The quantitative estimate of drug-likeness (QED) is 0.865. The van der Waals surface area contributed by atoms with Gasteiger partial charge in [-0.05, 0) is 31.0 Å². The van der Waals surface area contributed by atoms with Crippen molar-refractivity contribution >= 4 is 37.5 Å². The molecule has 0 aliphatic carbocycles. The van der Waals surface area contributed by atoms with E-state index >= 15 is 0 Å². The minimum Gasteiger partial charge on any atom is -0.325 e. The number of aryl methyl sites for hydroxylation is 1. The summed E-state index contributed by atoms with van der Waals surface area (Å²) in [4.78, 5) is 4.51. The first-order valence-corrected chi connectivity index (χ1v) is 5.99. The Morgan fingerprint density at radius 3 is 2.79 bits per heavy atom. The van der Waals surface area contributed by atoms with Gasteiger partial charge in [-0.25, -0.2) is 4.98 Å². The van der Waals surface area contributed by atoms with Gasteiger partial charge in [0.2, 0.25) is 0 Å². The molecular formula is C10H11BrN2S. The molecule has 1 aromatic heterocycles. The Morgan fingerprint density at radius 2 is 2.14 bits per heavy atom. The van der Waals surface area contributed by atoms with Crippen LogP contribution in [0.3, 0.4) is 0 Å². The zero-order valence-corrected chi connectivity index (χ0v) is 10.5. The van der Waals surface area contributed by atoms with Crippen LogP contribution in [0.1, 0.15) is 16.1 Å². The molecule has 2 N–H and O–H groups in total. The summed E-state index contributed by atoms with van der Waals surface area (Å²) in [5.41, 5.74) is 9.17. The molecule has 0 atom stereocenters. The van der Waals surface area contributed by atoms with Crippen molar-refractivity contribution in [1.29, 1.82) is 0 Å². The van der Waals surface area contributed by atoms with Gasteiger partial charge in [-0.2, -0.15) is 0 Å². The second-order valence-corrected chi connectivity index (χ2v) is 5.24. The third-order valence-corrected chi connectivity index (χ3v) is 4.25.